The summed E-state index contributed by atoms with van der Waals surface area (Å²) in [6.45, 7) is 0. The van der Waals surface area contributed by atoms with Crippen LogP contribution in [0.15, 0.2) is 45.3 Å². The minimum absolute atomic E-state index is 0.427. The van der Waals surface area contributed by atoms with E-state index in [0.29, 0.717) is 11.0 Å². The molecule has 1 aromatic heterocycles. The minimum atomic E-state index is 0.427. The summed E-state index contributed by atoms with van der Waals surface area (Å²) in [5.74, 6) is 0.427. The smallest absolute Gasteiger partial charge is 0.205 e. The van der Waals surface area contributed by atoms with Crippen LogP contribution in [-0.4, -0.2) is 9.55 Å². The van der Waals surface area contributed by atoms with Gasteiger partial charge in [-0.2, -0.15) is 0 Å². The van der Waals surface area contributed by atoms with Crippen molar-refractivity contribution >= 4 is 60.4 Å². The third kappa shape index (κ3) is 2.16. The zero-order chi connectivity index (χ0) is 13.6. The third-order valence-corrected chi connectivity index (χ3v) is 4.68. The lowest BCUT2D eigenvalue weighted by molar-refractivity contribution is 1.10. The van der Waals surface area contributed by atoms with Crippen molar-refractivity contribution in [2.75, 3.05) is 5.73 Å². The van der Waals surface area contributed by atoms with Crippen molar-refractivity contribution in [2.24, 2.45) is 0 Å². The summed E-state index contributed by atoms with van der Waals surface area (Å²) in [5, 5.41) is 0.633. The summed E-state index contributed by atoms with van der Waals surface area (Å²) in [7, 11) is 0. The fourth-order valence-corrected chi connectivity index (χ4v) is 2.95. The van der Waals surface area contributed by atoms with Crippen LogP contribution in [0.2, 0.25) is 5.02 Å². The second kappa shape index (κ2) is 4.81. The van der Waals surface area contributed by atoms with Gasteiger partial charge >= 0.3 is 0 Å². The number of nitrogens with zero attached hydrogens (tertiary/aromatic N) is 2. The third-order valence-electron chi connectivity index (χ3n) is 2.81. The number of hydrogen-bond acceptors (Lipinski definition) is 2. The largest absolute Gasteiger partial charge is 0.369 e. The van der Waals surface area contributed by atoms with E-state index in [4.69, 9.17) is 17.3 Å². The minimum Gasteiger partial charge on any atom is -0.369 e. The zero-order valence-corrected chi connectivity index (χ0v) is 13.5. The Morgan fingerprint density at radius 1 is 1.16 bits per heavy atom. The first-order valence-corrected chi connectivity index (χ1v) is 7.42. The summed E-state index contributed by atoms with van der Waals surface area (Å²) in [5.41, 5.74) is 8.66. The first kappa shape index (κ1) is 13.0. The Morgan fingerprint density at radius 3 is 2.74 bits per heavy atom. The molecule has 6 heteroatoms. The van der Waals surface area contributed by atoms with Crippen LogP contribution in [0, 0.1) is 0 Å². The lowest BCUT2D eigenvalue weighted by Gasteiger charge is -2.10. The van der Waals surface area contributed by atoms with Crippen molar-refractivity contribution in [1.29, 1.82) is 0 Å². The first-order chi connectivity index (χ1) is 9.08. The maximum Gasteiger partial charge on any atom is 0.205 e. The average molecular weight is 401 g/mol. The maximum absolute atomic E-state index is 6.13. The molecule has 0 radical (unpaired) electrons. The van der Waals surface area contributed by atoms with Crippen molar-refractivity contribution in [2.45, 2.75) is 0 Å². The van der Waals surface area contributed by atoms with E-state index in [-0.39, 0.29) is 0 Å². The Kier molecular flexibility index (Phi) is 3.28. The SMILES string of the molecule is Nc1nc2ccc(Br)cc2n1-c1cccc(Cl)c1Br. The van der Waals surface area contributed by atoms with E-state index in [2.05, 4.69) is 36.8 Å². The van der Waals surface area contributed by atoms with Crippen molar-refractivity contribution < 1.29 is 0 Å². The standard InChI is InChI=1S/C13H8Br2ClN3/c14-7-4-5-9-11(6-7)19(13(17)18-9)10-3-1-2-8(16)12(10)15/h1-6H,(H2,17,18). The molecule has 3 rings (SSSR count). The van der Waals surface area contributed by atoms with Crippen LogP contribution in [0.3, 0.4) is 0 Å². The number of hydrogen-bond donors (Lipinski definition) is 1. The number of anilines is 1. The number of nitrogen functional groups attached to an aromatic ring is 1. The monoisotopic (exact) mass is 399 g/mol. The van der Waals surface area contributed by atoms with E-state index in [0.717, 1.165) is 25.7 Å². The van der Waals surface area contributed by atoms with Gasteiger partial charge in [-0.3, -0.25) is 4.57 Å². The molecule has 96 valence electrons. The van der Waals surface area contributed by atoms with E-state index in [1.165, 1.54) is 0 Å². The molecule has 0 fully saturated rings. The summed E-state index contributed by atoms with van der Waals surface area (Å²) in [4.78, 5) is 4.36. The molecule has 0 amide bonds. The van der Waals surface area contributed by atoms with Crippen LogP contribution < -0.4 is 5.73 Å². The van der Waals surface area contributed by atoms with Crippen LogP contribution >= 0.6 is 43.5 Å². The molecule has 1 heterocycles. The zero-order valence-electron chi connectivity index (χ0n) is 9.57. The van der Waals surface area contributed by atoms with E-state index in [9.17, 15) is 0 Å². The number of rotatable bonds is 1. The fraction of sp³-hybridized carbons (Fsp3) is 0. The molecule has 0 aliphatic carbocycles. The van der Waals surface area contributed by atoms with Gasteiger partial charge in [-0.25, -0.2) is 4.98 Å². The van der Waals surface area contributed by atoms with Gasteiger partial charge in [0.05, 0.1) is 26.2 Å². The Labute approximate surface area is 131 Å². The van der Waals surface area contributed by atoms with Gasteiger partial charge in [0.1, 0.15) is 0 Å². The molecule has 3 nitrogen and oxygen atoms in total. The van der Waals surface area contributed by atoms with Crippen molar-refractivity contribution in [3.63, 3.8) is 0 Å². The molecule has 2 N–H and O–H groups in total. The number of fused-ring (bicyclic) bond motifs is 1. The van der Waals surface area contributed by atoms with Gasteiger partial charge in [0.25, 0.3) is 0 Å². The number of benzene rings is 2. The Morgan fingerprint density at radius 2 is 1.95 bits per heavy atom. The van der Waals surface area contributed by atoms with Gasteiger partial charge in [0.2, 0.25) is 5.95 Å². The van der Waals surface area contributed by atoms with Crippen LogP contribution in [0.1, 0.15) is 0 Å². The van der Waals surface area contributed by atoms with Crippen LogP contribution in [0.5, 0.6) is 0 Å². The van der Waals surface area contributed by atoms with Gasteiger partial charge in [0.15, 0.2) is 0 Å². The highest BCUT2D eigenvalue weighted by Gasteiger charge is 2.14. The van der Waals surface area contributed by atoms with Crippen molar-refractivity contribution in [1.82, 2.24) is 9.55 Å². The quantitative estimate of drug-likeness (QED) is 0.637. The molecule has 0 saturated carbocycles. The van der Waals surface area contributed by atoms with E-state index < -0.39 is 0 Å². The topological polar surface area (TPSA) is 43.8 Å². The number of nitrogens with two attached hydrogens (primary N) is 1. The van der Waals surface area contributed by atoms with E-state index in [1.807, 2.05) is 41.0 Å². The molecule has 0 atom stereocenters. The normalized spacial score (nSPS) is 11.1. The van der Waals surface area contributed by atoms with Gasteiger partial charge in [-0.05, 0) is 46.3 Å². The molecular weight excluding hydrogens is 393 g/mol. The molecule has 0 aliphatic rings. The predicted octanol–water partition coefficient (Wildman–Crippen LogP) is 4.79. The van der Waals surface area contributed by atoms with E-state index in [1.54, 1.807) is 0 Å². The van der Waals surface area contributed by atoms with Gasteiger partial charge < -0.3 is 5.73 Å². The van der Waals surface area contributed by atoms with Crippen LogP contribution in [-0.2, 0) is 0 Å². The molecule has 2 aromatic carbocycles. The number of aromatic nitrogens is 2. The molecule has 0 spiro atoms. The summed E-state index contributed by atoms with van der Waals surface area (Å²) < 4.78 is 3.64. The van der Waals surface area contributed by atoms with Gasteiger partial charge in [-0.15, -0.1) is 0 Å². The highest BCUT2D eigenvalue weighted by atomic mass is 79.9. The van der Waals surface area contributed by atoms with Gasteiger partial charge in [-0.1, -0.05) is 33.6 Å². The first-order valence-electron chi connectivity index (χ1n) is 5.46. The Balaban J connectivity index is 2.39. The highest BCUT2D eigenvalue weighted by molar-refractivity contribution is 9.11. The van der Waals surface area contributed by atoms with E-state index >= 15 is 0 Å². The van der Waals surface area contributed by atoms with Crippen molar-refractivity contribution in [3.05, 3.63) is 50.4 Å². The Hall–Kier alpha value is -1.04. The van der Waals surface area contributed by atoms with Crippen LogP contribution in [0.25, 0.3) is 16.7 Å². The lowest BCUT2D eigenvalue weighted by Crippen LogP contribution is -2.01. The second-order valence-electron chi connectivity index (χ2n) is 4.01. The lowest BCUT2D eigenvalue weighted by atomic mass is 10.3. The van der Waals surface area contributed by atoms with Crippen LogP contribution in [0.4, 0.5) is 5.95 Å². The molecule has 19 heavy (non-hydrogen) atoms. The predicted molar refractivity (Wildman–Crippen MR) is 85.9 cm³/mol. The molecule has 3 aromatic rings. The molecule has 0 unspecified atom stereocenters. The summed E-state index contributed by atoms with van der Waals surface area (Å²) >= 11 is 13.1. The number of halogens is 3. The maximum atomic E-state index is 6.13. The molecular formula is C13H8Br2ClN3. The Bertz CT molecular complexity index is 783. The molecule has 0 bridgehead atoms. The summed E-state index contributed by atoms with van der Waals surface area (Å²) in [6.07, 6.45) is 0. The van der Waals surface area contributed by atoms with Gasteiger partial charge in [0, 0.05) is 4.47 Å². The average Bonchev–Trinajstić information content (AvgIpc) is 2.69. The second-order valence-corrected chi connectivity index (χ2v) is 6.13. The number of imidazole rings is 1. The fourth-order valence-electron chi connectivity index (χ4n) is 1.99. The summed E-state index contributed by atoms with van der Waals surface area (Å²) in [6, 6.07) is 11.5. The molecule has 0 aliphatic heterocycles. The molecule has 0 saturated heterocycles. The van der Waals surface area contributed by atoms with Crippen molar-refractivity contribution in [3.8, 4) is 5.69 Å². The highest BCUT2D eigenvalue weighted by Crippen LogP contribution is 2.33.